The second-order valence-electron chi connectivity index (χ2n) is 8.58. The lowest BCUT2D eigenvalue weighted by atomic mass is 10.0. The standard InChI is InChI=1S/C25H32N4O2/c1-18-10-11-19(2)22(16-18)29-23(17-21(27-29)24-9-6-15-31-24)25(30)26-12-7-14-28-13-5-4-8-20(28)3/h6,9-11,15-17,20H,4-5,7-8,12-14H2,1-3H3,(H,26,30). The van der Waals surface area contributed by atoms with E-state index in [9.17, 15) is 4.79 Å². The van der Waals surface area contributed by atoms with Crippen LogP contribution in [0.4, 0.5) is 0 Å². The second-order valence-corrected chi connectivity index (χ2v) is 8.58. The highest BCUT2D eigenvalue weighted by Crippen LogP contribution is 2.24. The lowest BCUT2D eigenvalue weighted by molar-refractivity contribution is 0.0941. The highest BCUT2D eigenvalue weighted by atomic mass is 16.3. The van der Waals surface area contributed by atoms with Crippen LogP contribution in [0.15, 0.2) is 47.1 Å². The van der Waals surface area contributed by atoms with Crippen molar-refractivity contribution in [3.63, 3.8) is 0 Å². The van der Waals surface area contributed by atoms with E-state index in [2.05, 4.69) is 35.3 Å². The largest absolute Gasteiger partial charge is 0.463 e. The number of piperidine rings is 1. The number of nitrogens with one attached hydrogen (secondary N) is 1. The van der Waals surface area contributed by atoms with Crippen molar-refractivity contribution in [3.8, 4) is 17.1 Å². The average Bonchev–Trinajstić information content (AvgIpc) is 3.44. The van der Waals surface area contributed by atoms with Crippen molar-refractivity contribution in [1.29, 1.82) is 0 Å². The van der Waals surface area contributed by atoms with Crippen molar-refractivity contribution in [2.45, 2.75) is 52.5 Å². The number of rotatable bonds is 7. The quantitative estimate of drug-likeness (QED) is 0.561. The average molecular weight is 421 g/mol. The summed E-state index contributed by atoms with van der Waals surface area (Å²) in [5.74, 6) is 0.537. The zero-order valence-electron chi connectivity index (χ0n) is 18.7. The van der Waals surface area contributed by atoms with Crippen LogP contribution in [-0.4, -0.2) is 46.3 Å². The summed E-state index contributed by atoms with van der Waals surface area (Å²) in [4.78, 5) is 15.7. The van der Waals surface area contributed by atoms with E-state index in [0.717, 1.165) is 29.8 Å². The Kier molecular flexibility index (Phi) is 6.56. The molecule has 1 N–H and O–H groups in total. The fourth-order valence-corrected chi connectivity index (χ4v) is 4.28. The molecular weight excluding hydrogens is 388 g/mol. The number of hydrogen-bond acceptors (Lipinski definition) is 4. The summed E-state index contributed by atoms with van der Waals surface area (Å²) < 4.78 is 7.26. The van der Waals surface area contributed by atoms with E-state index in [1.54, 1.807) is 10.9 Å². The first-order valence-corrected chi connectivity index (χ1v) is 11.3. The molecule has 6 nitrogen and oxygen atoms in total. The molecule has 1 amide bonds. The van der Waals surface area contributed by atoms with Gasteiger partial charge in [0.2, 0.25) is 0 Å². The molecule has 3 heterocycles. The third-order valence-electron chi connectivity index (χ3n) is 6.16. The minimum Gasteiger partial charge on any atom is -0.463 e. The monoisotopic (exact) mass is 420 g/mol. The van der Waals surface area contributed by atoms with Crippen molar-refractivity contribution in [1.82, 2.24) is 20.0 Å². The number of furan rings is 1. The Morgan fingerprint density at radius 2 is 2.10 bits per heavy atom. The van der Waals surface area contributed by atoms with Crippen LogP contribution in [0.5, 0.6) is 0 Å². The molecule has 4 rings (SSSR count). The lowest BCUT2D eigenvalue weighted by Gasteiger charge is -2.33. The Labute approximate surface area is 184 Å². The Morgan fingerprint density at radius 3 is 2.87 bits per heavy atom. The van der Waals surface area contributed by atoms with Crippen molar-refractivity contribution in [2.24, 2.45) is 0 Å². The maximum Gasteiger partial charge on any atom is 0.270 e. The number of benzene rings is 1. The Balaban J connectivity index is 1.50. The zero-order valence-corrected chi connectivity index (χ0v) is 18.7. The molecule has 1 aromatic carbocycles. The van der Waals surface area contributed by atoms with Crippen molar-refractivity contribution in [2.75, 3.05) is 19.6 Å². The molecule has 0 spiro atoms. The van der Waals surface area contributed by atoms with Gasteiger partial charge in [0.1, 0.15) is 11.4 Å². The van der Waals surface area contributed by atoms with Crippen LogP contribution in [-0.2, 0) is 0 Å². The van der Waals surface area contributed by atoms with E-state index in [-0.39, 0.29) is 5.91 Å². The second kappa shape index (κ2) is 9.52. The van der Waals surface area contributed by atoms with E-state index < -0.39 is 0 Å². The molecule has 1 saturated heterocycles. The first-order valence-electron chi connectivity index (χ1n) is 11.3. The summed E-state index contributed by atoms with van der Waals surface area (Å²) in [5.41, 5.74) is 4.26. The van der Waals surface area contributed by atoms with E-state index in [1.165, 1.54) is 25.8 Å². The van der Waals surface area contributed by atoms with Gasteiger partial charge in [-0.3, -0.25) is 4.79 Å². The Hall–Kier alpha value is -2.86. The molecule has 31 heavy (non-hydrogen) atoms. The van der Waals surface area contributed by atoms with Crippen LogP contribution in [0.3, 0.4) is 0 Å². The molecule has 0 bridgehead atoms. The predicted octanol–water partition coefficient (Wildman–Crippen LogP) is 4.74. The normalized spacial score (nSPS) is 17.1. The van der Waals surface area contributed by atoms with Gasteiger partial charge in [0.05, 0.1) is 12.0 Å². The van der Waals surface area contributed by atoms with E-state index >= 15 is 0 Å². The highest BCUT2D eigenvalue weighted by molar-refractivity contribution is 5.94. The molecule has 3 aromatic rings. The van der Waals surface area contributed by atoms with Crippen LogP contribution < -0.4 is 5.32 Å². The number of nitrogens with zero attached hydrogens (tertiary/aromatic N) is 3. The first kappa shape index (κ1) is 21.4. The summed E-state index contributed by atoms with van der Waals surface area (Å²) in [6, 6.07) is 12.3. The molecule has 1 fully saturated rings. The summed E-state index contributed by atoms with van der Waals surface area (Å²) in [6.07, 6.45) is 6.44. The predicted molar refractivity (Wildman–Crippen MR) is 123 cm³/mol. The summed E-state index contributed by atoms with van der Waals surface area (Å²) >= 11 is 0. The number of aryl methyl sites for hydroxylation is 2. The molecular formula is C25H32N4O2. The molecule has 0 saturated carbocycles. The summed E-state index contributed by atoms with van der Waals surface area (Å²) in [7, 11) is 0. The molecule has 1 aliphatic heterocycles. The van der Waals surface area contributed by atoms with Gasteiger partial charge in [-0.15, -0.1) is 0 Å². The molecule has 0 aliphatic carbocycles. The van der Waals surface area contributed by atoms with Crippen LogP contribution in [0.2, 0.25) is 0 Å². The van der Waals surface area contributed by atoms with Gasteiger partial charge in [-0.25, -0.2) is 4.68 Å². The van der Waals surface area contributed by atoms with Gasteiger partial charge >= 0.3 is 0 Å². The Bertz CT molecular complexity index is 1020. The van der Waals surface area contributed by atoms with Gasteiger partial charge in [0.15, 0.2) is 5.76 Å². The van der Waals surface area contributed by atoms with Gasteiger partial charge < -0.3 is 14.6 Å². The lowest BCUT2D eigenvalue weighted by Crippen LogP contribution is -2.39. The first-order chi connectivity index (χ1) is 15.0. The zero-order chi connectivity index (χ0) is 21.8. The third kappa shape index (κ3) is 4.90. The van der Waals surface area contributed by atoms with Gasteiger partial charge in [0.25, 0.3) is 5.91 Å². The fourth-order valence-electron chi connectivity index (χ4n) is 4.28. The smallest absolute Gasteiger partial charge is 0.270 e. The number of aromatic nitrogens is 2. The maximum atomic E-state index is 13.1. The fraction of sp³-hybridized carbons (Fsp3) is 0.440. The van der Waals surface area contributed by atoms with Gasteiger partial charge in [-0.05, 0) is 75.9 Å². The Morgan fingerprint density at radius 1 is 1.23 bits per heavy atom. The van der Waals surface area contributed by atoms with Gasteiger partial charge in [-0.2, -0.15) is 5.10 Å². The SMILES string of the molecule is Cc1ccc(C)c(-n2nc(-c3ccco3)cc2C(=O)NCCCN2CCCCC2C)c1. The molecule has 1 aliphatic rings. The number of amides is 1. The van der Waals surface area contributed by atoms with Crippen molar-refractivity contribution in [3.05, 3.63) is 59.5 Å². The van der Waals surface area contributed by atoms with Gasteiger partial charge in [-0.1, -0.05) is 18.6 Å². The van der Waals surface area contributed by atoms with Crippen molar-refractivity contribution < 1.29 is 9.21 Å². The number of likely N-dealkylation sites (tertiary alicyclic amines) is 1. The molecule has 164 valence electrons. The number of carbonyl (C=O) groups excluding carboxylic acids is 1. The minimum absolute atomic E-state index is 0.113. The third-order valence-corrected chi connectivity index (χ3v) is 6.16. The molecule has 2 aromatic heterocycles. The molecule has 1 atom stereocenters. The molecule has 6 heteroatoms. The summed E-state index contributed by atoms with van der Waals surface area (Å²) in [5, 5.41) is 7.81. The minimum atomic E-state index is -0.113. The van der Waals surface area contributed by atoms with Crippen LogP contribution in [0, 0.1) is 13.8 Å². The van der Waals surface area contributed by atoms with Crippen LogP contribution >= 0.6 is 0 Å². The van der Waals surface area contributed by atoms with Crippen LogP contribution in [0.1, 0.15) is 54.2 Å². The van der Waals surface area contributed by atoms with E-state index in [0.29, 0.717) is 29.7 Å². The van der Waals surface area contributed by atoms with E-state index in [4.69, 9.17) is 9.52 Å². The topological polar surface area (TPSA) is 63.3 Å². The number of carbonyl (C=O) groups is 1. The van der Waals surface area contributed by atoms with Gasteiger partial charge in [0, 0.05) is 25.2 Å². The van der Waals surface area contributed by atoms with E-state index in [1.807, 2.05) is 32.0 Å². The van der Waals surface area contributed by atoms with Crippen molar-refractivity contribution >= 4 is 5.91 Å². The summed E-state index contributed by atoms with van der Waals surface area (Å²) in [6.45, 7) is 9.22. The highest BCUT2D eigenvalue weighted by Gasteiger charge is 2.21. The maximum absolute atomic E-state index is 13.1. The number of hydrogen-bond donors (Lipinski definition) is 1. The molecule has 0 radical (unpaired) electrons. The van der Waals surface area contributed by atoms with Crippen LogP contribution in [0.25, 0.3) is 17.1 Å². The molecule has 1 unspecified atom stereocenters.